The maximum absolute atomic E-state index is 11.7. The Balaban J connectivity index is 2.48. The van der Waals surface area contributed by atoms with Gasteiger partial charge in [0.2, 0.25) is 0 Å². The SMILES string of the molecule is CO[Si](CCOC(=O)c1ccc(O)cc1)(OC)OC. The monoisotopic (exact) mass is 286 g/mol. The zero-order chi connectivity index (χ0) is 14.3. The second kappa shape index (κ2) is 7.24. The van der Waals surface area contributed by atoms with Crippen molar-refractivity contribution in [3.63, 3.8) is 0 Å². The van der Waals surface area contributed by atoms with Crippen LogP contribution in [0.3, 0.4) is 0 Å². The Hall–Kier alpha value is -1.41. The molecule has 6 nitrogen and oxygen atoms in total. The first-order valence-electron chi connectivity index (χ1n) is 5.68. The van der Waals surface area contributed by atoms with Crippen LogP contribution < -0.4 is 0 Å². The van der Waals surface area contributed by atoms with Crippen LogP contribution in [0, 0.1) is 0 Å². The highest BCUT2D eigenvalue weighted by molar-refractivity contribution is 6.60. The normalized spacial score (nSPS) is 11.3. The third-order valence-corrected chi connectivity index (χ3v) is 5.36. The third kappa shape index (κ3) is 4.32. The van der Waals surface area contributed by atoms with Crippen molar-refractivity contribution in [1.29, 1.82) is 0 Å². The average molecular weight is 286 g/mol. The fraction of sp³-hybridized carbons (Fsp3) is 0.417. The van der Waals surface area contributed by atoms with Gasteiger partial charge in [-0.2, -0.15) is 0 Å². The van der Waals surface area contributed by atoms with Crippen molar-refractivity contribution in [2.75, 3.05) is 27.9 Å². The minimum atomic E-state index is -2.71. The number of rotatable bonds is 7. The van der Waals surface area contributed by atoms with Crippen LogP contribution in [0.25, 0.3) is 0 Å². The van der Waals surface area contributed by atoms with Gasteiger partial charge in [0.25, 0.3) is 0 Å². The Kier molecular flexibility index (Phi) is 5.96. The van der Waals surface area contributed by atoms with E-state index in [2.05, 4.69) is 0 Å². The number of aromatic hydroxyl groups is 1. The quantitative estimate of drug-likeness (QED) is 0.604. The molecule has 0 aliphatic carbocycles. The van der Waals surface area contributed by atoms with Crippen molar-refractivity contribution in [3.05, 3.63) is 29.8 Å². The number of hydrogen-bond acceptors (Lipinski definition) is 6. The fourth-order valence-corrected chi connectivity index (χ4v) is 2.97. The molecule has 0 saturated heterocycles. The number of hydrogen-bond donors (Lipinski definition) is 1. The zero-order valence-electron chi connectivity index (χ0n) is 11.2. The second-order valence-electron chi connectivity index (χ2n) is 3.73. The summed E-state index contributed by atoms with van der Waals surface area (Å²) in [4.78, 5) is 11.7. The highest BCUT2D eigenvalue weighted by Gasteiger charge is 2.37. The summed E-state index contributed by atoms with van der Waals surface area (Å²) in [5, 5.41) is 9.12. The van der Waals surface area contributed by atoms with Crippen molar-refractivity contribution in [2.45, 2.75) is 6.04 Å². The van der Waals surface area contributed by atoms with Gasteiger partial charge >= 0.3 is 14.8 Å². The number of benzene rings is 1. The van der Waals surface area contributed by atoms with E-state index in [4.69, 9.17) is 23.1 Å². The first-order chi connectivity index (χ1) is 9.06. The second-order valence-corrected chi connectivity index (χ2v) is 6.82. The summed E-state index contributed by atoms with van der Waals surface area (Å²) in [6.07, 6.45) is 0. The van der Waals surface area contributed by atoms with Crippen LogP contribution in [0.5, 0.6) is 5.75 Å². The van der Waals surface area contributed by atoms with Gasteiger partial charge in [-0.05, 0) is 24.3 Å². The summed E-state index contributed by atoms with van der Waals surface area (Å²) in [5.74, 6) is -0.368. The smallest absolute Gasteiger partial charge is 0.503 e. The molecule has 1 aromatic carbocycles. The third-order valence-electron chi connectivity index (χ3n) is 2.68. The van der Waals surface area contributed by atoms with Gasteiger partial charge in [-0.25, -0.2) is 4.79 Å². The van der Waals surface area contributed by atoms with Gasteiger partial charge in [-0.15, -0.1) is 0 Å². The Morgan fingerprint density at radius 3 is 2.11 bits per heavy atom. The maximum Gasteiger partial charge on any atom is 0.503 e. The lowest BCUT2D eigenvalue weighted by Crippen LogP contribution is -2.43. The van der Waals surface area contributed by atoms with Gasteiger partial charge in [0.05, 0.1) is 18.2 Å². The molecule has 0 amide bonds. The Morgan fingerprint density at radius 2 is 1.63 bits per heavy atom. The van der Waals surface area contributed by atoms with E-state index >= 15 is 0 Å². The molecule has 1 rings (SSSR count). The lowest BCUT2D eigenvalue weighted by Gasteiger charge is -2.23. The number of carbonyl (C=O) groups excluding carboxylic acids is 1. The van der Waals surface area contributed by atoms with Gasteiger partial charge in [0.15, 0.2) is 0 Å². The Morgan fingerprint density at radius 1 is 1.11 bits per heavy atom. The minimum Gasteiger partial charge on any atom is -0.508 e. The molecule has 0 heterocycles. The van der Waals surface area contributed by atoms with Crippen LogP contribution in [0.15, 0.2) is 24.3 Å². The molecule has 0 bridgehead atoms. The molecule has 1 N–H and O–H groups in total. The van der Waals surface area contributed by atoms with Crippen molar-refractivity contribution in [3.8, 4) is 5.75 Å². The fourth-order valence-electron chi connectivity index (χ4n) is 1.51. The van der Waals surface area contributed by atoms with Crippen LogP contribution in [-0.2, 0) is 18.0 Å². The molecule has 0 fully saturated rings. The van der Waals surface area contributed by atoms with Crippen molar-refractivity contribution >= 4 is 14.8 Å². The predicted octanol–water partition coefficient (Wildman–Crippen LogP) is 1.43. The van der Waals surface area contributed by atoms with Gasteiger partial charge < -0.3 is 23.1 Å². The summed E-state index contributed by atoms with van der Waals surface area (Å²) < 4.78 is 20.7. The molecule has 7 heteroatoms. The van der Waals surface area contributed by atoms with Crippen molar-refractivity contribution in [2.24, 2.45) is 0 Å². The van der Waals surface area contributed by atoms with Crippen LogP contribution in [0.2, 0.25) is 6.04 Å². The molecule has 0 aliphatic heterocycles. The standard InChI is InChI=1S/C12H18O6Si/c1-15-19(16-2,17-3)9-8-18-12(14)10-4-6-11(13)7-5-10/h4-7,13H,8-9H2,1-3H3. The van der Waals surface area contributed by atoms with E-state index < -0.39 is 14.8 Å². The molecule has 106 valence electrons. The molecular weight excluding hydrogens is 268 g/mol. The van der Waals surface area contributed by atoms with E-state index in [9.17, 15) is 4.79 Å². The van der Waals surface area contributed by atoms with Crippen molar-refractivity contribution < 1.29 is 27.9 Å². The molecular formula is C12H18O6Si. The first kappa shape index (κ1) is 15.6. The van der Waals surface area contributed by atoms with E-state index in [1.54, 1.807) is 0 Å². The summed E-state index contributed by atoms with van der Waals surface area (Å²) in [7, 11) is 1.79. The highest BCUT2D eigenvalue weighted by atomic mass is 28.4. The van der Waals surface area contributed by atoms with Gasteiger partial charge in [0, 0.05) is 21.3 Å². The van der Waals surface area contributed by atoms with E-state index in [1.807, 2.05) is 0 Å². The van der Waals surface area contributed by atoms with Gasteiger partial charge in [-0.1, -0.05) is 0 Å². The van der Waals surface area contributed by atoms with Crippen molar-refractivity contribution in [1.82, 2.24) is 0 Å². The van der Waals surface area contributed by atoms with Crippen LogP contribution in [0.4, 0.5) is 0 Å². The van der Waals surface area contributed by atoms with Crippen LogP contribution in [-0.4, -0.2) is 47.8 Å². The van der Waals surface area contributed by atoms with Crippen LogP contribution >= 0.6 is 0 Å². The van der Waals surface area contributed by atoms with Crippen LogP contribution in [0.1, 0.15) is 10.4 Å². The molecule has 0 radical (unpaired) electrons. The van der Waals surface area contributed by atoms with Gasteiger partial charge in [0.1, 0.15) is 5.75 Å². The molecule has 0 aliphatic rings. The number of phenols is 1. The highest BCUT2D eigenvalue weighted by Crippen LogP contribution is 2.14. The first-order valence-corrected chi connectivity index (χ1v) is 7.61. The lowest BCUT2D eigenvalue weighted by molar-refractivity contribution is 0.0491. The van der Waals surface area contributed by atoms with E-state index in [-0.39, 0.29) is 12.4 Å². The Labute approximate surface area is 113 Å². The summed E-state index contributed by atoms with van der Waals surface area (Å²) in [6, 6.07) is 6.21. The predicted molar refractivity (Wildman–Crippen MR) is 70.0 cm³/mol. The maximum atomic E-state index is 11.7. The molecule has 0 saturated carbocycles. The topological polar surface area (TPSA) is 74.2 Å². The molecule has 19 heavy (non-hydrogen) atoms. The minimum absolute atomic E-state index is 0.0983. The van der Waals surface area contributed by atoms with Gasteiger partial charge in [-0.3, -0.25) is 0 Å². The zero-order valence-corrected chi connectivity index (χ0v) is 12.2. The summed E-state index contributed by atoms with van der Waals surface area (Å²) in [6.45, 7) is 0.140. The number of carbonyl (C=O) groups is 1. The molecule has 0 spiro atoms. The lowest BCUT2D eigenvalue weighted by atomic mass is 10.2. The number of ether oxygens (including phenoxy) is 1. The molecule has 1 aromatic rings. The largest absolute Gasteiger partial charge is 0.508 e. The van der Waals surface area contributed by atoms with E-state index in [0.29, 0.717) is 11.6 Å². The van der Waals surface area contributed by atoms with E-state index in [1.165, 1.54) is 45.6 Å². The molecule has 0 unspecified atom stereocenters. The van der Waals surface area contributed by atoms with E-state index in [0.717, 1.165) is 0 Å². The summed E-state index contributed by atoms with van der Waals surface area (Å²) in [5.41, 5.74) is 0.373. The summed E-state index contributed by atoms with van der Waals surface area (Å²) >= 11 is 0. The average Bonchev–Trinajstić information content (AvgIpc) is 2.45. The number of phenolic OH excluding ortho intramolecular Hbond substituents is 1. The Bertz CT molecular complexity index is 393. The molecule has 0 aromatic heterocycles. The number of esters is 1. The molecule has 0 atom stereocenters.